The van der Waals surface area contributed by atoms with Crippen molar-refractivity contribution < 1.29 is 9.32 Å². The standard InChI is InChI=1S/C21H21ClN4O2/c1-13-5-3-6-14(2)18(13)23-21(27)26-12-4-7-17(26)20-24-19(25-28-20)15-8-10-16(22)11-9-15/h3,5-6,8-11,17H,4,7,12H2,1-2H3,(H,23,27)/t17-/m0/s1. The number of nitrogens with zero attached hydrogens (tertiary/aromatic N) is 3. The van der Waals surface area contributed by atoms with Gasteiger partial charge in [0.25, 0.3) is 0 Å². The van der Waals surface area contributed by atoms with Crippen LogP contribution in [-0.4, -0.2) is 27.6 Å². The lowest BCUT2D eigenvalue weighted by Crippen LogP contribution is -2.35. The zero-order valence-electron chi connectivity index (χ0n) is 15.8. The summed E-state index contributed by atoms with van der Waals surface area (Å²) in [6.07, 6.45) is 1.69. The summed E-state index contributed by atoms with van der Waals surface area (Å²) in [4.78, 5) is 19.2. The zero-order valence-corrected chi connectivity index (χ0v) is 16.5. The fourth-order valence-corrected chi connectivity index (χ4v) is 3.67. The predicted octanol–water partition coefficient (Wildman–Crippen LogP) is 5.38. The second-order valence-corrected chi connectivity index (χ2v) is 7.45. The molecule has 2 heterocycles. The number of carbonyl (C=O) groups is 1. The lowest BCUT2D eigenvalue weighted by molar-refractivity contribution is 0.193. The predicted molar refractivity (Wildman–Crippen MR) is 108 cm³/mol. The molecule has 0 spiro atoms. The Balaban J connectivity index is 1.54. The Bertz CT molecular complexity index is 980. The third-order valence-corrected chi connectivity index (χ3v) is 5.31. The van der Waals surface area contributed by atoms with Crippen molar-refractivity contribution in [3.8, 4) is 11.4 Å². The normalized spacial score (nSPS) is 16.4. The van der Waals surface area contributed by atoms with Crippen molar-refractivity contribution in [3.63, 3.8) is 0 Å². The number of rotatable bonds is 3. The minimum absolute atomic E-state index is 0.147. The van der Waals surface area contributed by atoms with Gasteiger partial charge in [-0.05, 0) is 62.1 Å². The van der Waals surface area contributed by atoms with Gasteiger partial charge >= 0.3 is 6.03 Å². The topological polar surface area (TPSA) is 71.3 Å². The average Bonchev–Trinajstić information content (AvgIpc) is 3.34. The smallest absolute Gasteiger partial charge is 0.322 e. The highest BCUT2D eigenvalue weighted by atomic mass is 35.5. The summed E-state index contributed by atoms with van der Waals surface area (Å²) in [6.45, 7) is 4.63. The molecule has 1 aliphatic rings. The van der Waals surface area contributed by atoms with Crippen molar-refractivity contribution in [2.24, 2.45) is 0 Å². The molecule has 0 radical (unpaired) electrons. The van der Waals surface area contributed by atoms with Gasteiger partial charge in [-0.25, -0.2) is 4.79 Å². The monoisotopic (exact) mass is 396 g/mol. The molecule has 0 saturated carbocycles. The summed E-state index contributed by atoms with van der Waals surface area (Å²) in [5.74, 6) is 0.952. The number of amides is 2. The van der Waals surface area contributed by atoms with Crippen LogP contribution in [-0.2, 0) is 0 Å². The molecule has 144 valence electrons. The van der Waals surface area contributed by atoms with E-state index < -0.39 is 0 Å². The number of urea groups is 1. The van der Waals surface area contributed by atoms with Crippen LogP contribution in [0.3, 0.4) is 0 Å². The van der Waals surface area contributed by atoms with E-state index >= 15 is 0 Å². The van der Waals surface area contributed by atoms with Gasteiger partial charge in [-0.2, -0.15) is 4.98 Å². The van der Waals surface area contributed by atoms with Crippen LogP contribution >= 0.6 is 11.6 Å². The van der Waals surface area contributed by atoms with Crippen molar-refractivity contribution in [2.45, 2.75) is 32.7 Å². The maximum Gasteiger partial charge on any atom is 0.322 e. The average molecular weight is 397 g/mol. The molecule has 2 amide bonds. The summed E-state index contributed by atoms with van der Waals surface area (Å²) in [7, 11) is 0. The highest BCUT2D eigenvalue weighted by Crippen LogP contribution is 2.33. The molecule has 1 aliphatic heterocycles. The van der Waals surface area contributed by atoms with E-state index in [1.807, 2.05) is 44.2 Å². The molecule has 0 unspecified atom stereocenters. The molecule has 7 heteroatoms. The van der Waals surface area contributed by atoms with E-state index in [2.05, 4.69) is 15.5 Å². The number of para-hydroxylation sites is 1. The van der Waals surface area contributed by atoms with Crippen LogP contribution in [0.2, 0.25) is 5.02 Å². The van der Waals surface area contributed by atoms with Gasteiger partial charge < -0.3 is 14.7 Å². The van der Waals surface area contributed by atoms with Crippen LogP contribution in [0.15, 0.2) is 47.0 Å². The molecular weight excluding hydrogens is 376 g/mol. The van der Waals surface area contributed by atoms with Gasteiger partial charge in [-0.3, -0.25) is 0 Å². The molecule has 4 rings (SSSR count). The van der Waals surface area contributed by atoms with E-state index in [0.29, 0.717) is 23.3 Å². The second-order valence-electron chi connectivity index (χ2n) is 7.01. The fraction of sp³-hybridized carbons (Fsp3) is 0.286. The first-order chi connectivity index (χ1) is 13.5. The molecular formula is C21H21ClN4O2. The van der Waals surface area contributed by atoms with Crippen molar-refractivity contribution >= 4 is 23.3 Å². The Kier molecular flexibility index (Phi) is 5.05. The van der Waals surface area contributed by atoms with Crippen molar-refractivity contribution in [1.82, 2.24) is 15.0 Å². The first-order valence-corrected chi connectivity index (χ1v) is 9.64. The maximum atomic E-state index is 12.9. The number of aromatic nitrogens is 2. The van der Waals surface area contributed by atoms with Crippen LogP contribution in [0, 0.1) is 13.8 Å². The molecule has 1 atom stereocenters. The first-order valence-electron chi connectivity index (χ1n) is 9.26. The van der Waals surface area contributed by atoms with E-state index in [0.717, 1.165) is 35.2 Å². The highest BCUT2D eigenvalue weighted by molar-refractivity contribution is 6.30. The van der Waals surface area contributed by atoms with Gasteiger partial charge in [-0.15, -0.1) is 0 Å². The van der Waals surface area contributed by atoms with Gasteiger partial charge in [0.15, 0.2) is 0 Å². The summed E-state index contributed by atoms with van der Waals surface area (Å²) < 4.78 is 5.50. The van der Waals surface area contributed by atoms with Crippen LogP contribution < -0.4 is 5.32 Å². The molecule has 1 N–H and O–H groups in total. The molecule has 2 aromatic carbocycles. The van der Waals surface area contributed by atoms with E-state index in [1.54, 1.807) is 17.0 Å². The molecule has 28 heavy (non-hydrogen) atoms. The van der Waals surface area contributed by atoms with Gasteiger partial charge in [0.2, 0.25) is 11.7 Å². The Morgan fingerprint density at radius 3 is 2.61 bits per heavy atom. The Morgan fingerprint density at radius 1 is 1.18 bits per heavy atom. The van der Waals surface area contributed by atoms with Crippen LogP contribution in [0.5, 0.6) is 0 Å². The Labute approximate surface area is 168 Å². The highest BCUT2D eigenvalue weighted by Gasteiger charge is 2.34. The number of benzene rings is 2. The van der Waals surface area contributed by atoms with Crippen LogP contribution in [0.1, 0.15) is 35.9 Å². The van der Waals surface area contributed by atoms with Crippen molar-refractivity contribution in [3.05, 3.63) is 64.5 Å². The van der Waals surface area contributed by atoms with E-state index in [4.69, 9.17) is 16.1 Å². The SMILES string of the molecule is Cc1cccc(C)c1NC(=O)N1CCC[C@H]1c1nc(-c2ccc(Cl)cc2)no1. The summed E-state index contributed by atoms with van der Waals surface area (Å²) >= 11 is 5.94. The van der Waals surface area contributed by atoms with Gasteiger partial charge in [0, 0.05) is 22.8 Å². The van der Waals surface area contributed by atoms with Crippen molar-refractivity contribution in [2.75, 3.05) is 11.9 Å². The number of hydrogen-bond donors (Lipinski definition) is 1. The number of aryl methyl sites for hydroxylation is 2. The molecule has 1 aromatic heterocycles. The molecule has 0 bridgehead atoms. The Morgan fingerprint density at radius 2 is 1.89 bits per heavy atom. The summed E-state index contributed by atoms with van der Waals surface area (Å²) in [5, 5.41) is 7.78. The van der Waals surface area contributed by atoms with Gasteiger partial charge in [0.05, 0.1) is 0 Å². The molecule has 1 saturated heterocycles. The Hall–Kier alpha value is -2.86. The third-order valence-electron chi connectivity index (χ3n) is 5.06. The van der Waals surface area contributed by atoms with Crippen LogP contribution in [0.4, 0.5) is 10.5 Å². The fourth-order valence-electron chi connectivity index (χ4n) is 3.54. The minimum Gasteiger partial charge on any atom is -0.337 e. The van der Waals surface area contributed by atoms with Gasteiger partial charge in [0.1, 0.15) is 6.04 Å². The van der Waals surface area contributed by atoms with Gasteiger partial charge in [-0.1, -0.05) is 35.0 Å². The quantitative estimate of drug-likeness (QED) is 0.645. The minimum atomic E-state index is -0.224. The van der Waals surface area contributed by atoms with E-state index in [9.17, 15) is 4.79 Å². The first kappa shape index (κ1) is 18.5. The van der Waals surface area contributed by atoms with Crippen molar-refractivity contribution in [1.29, 1.82) is 0 Å². The number of likely N-dealkylation sites (tertiary alicyclic amines) is 1. The number of anilines is 1. The lowest BCUT2D eigenvalue weighted by atomic mass is 10.1. The number of nitrogens with one attached hydrogen (secondary N) is 1. The van der Waals surface area contributed by atoms with Crippen LogP contribution in [0.25, 0.3) is 11.4 Å². The number of hydrogen-bond acceptors (Lipinski definition) is 4. The number of carbonyl (C=O) groups excluding carboxylic acids is 1. The van der Waals surface area contributed by atoms with E-state index in [1.165, 1.54) is 0 Å². The molecule has 6 nitrogen and oxygen atoms in total. The number of halogens is 1. The maximum absolute atomic E-state index is 12.9. The molecule has 1 fully saturated rings. The molecule has 0 aliphatic carbocycles. The van der Waals surface area contributed by atoms with E-state index in [-0.39, 0.29) is 12.1 Å². The second kappa shape index (κ2) is 7.64. The largest absolute Gasteiger partial charge is 0.337 e. The summed E-state index contributed by atoms with van der Waals surface area (Å²) in [6, 6.07) is 12.8. The zero-order chi connectivity index (χ0) is 19.7. The summed E-state index contributed by atoms with van der Waals surface area (Å²) in [5.41, 5.74) is 3.74. The molecule has 3 aromatic rings. The lowest BCUT2D eigenvalue weighted by Gasteiger charge is -2.23. The third kappa shape index (κ3) is 3.60.